The van der Waals surface area contributed by atoms with Crippen molar-refractivity contribution >= 4 is 38.4 Å². The number of H-pyrrole nitrogens is 1. The number of hydrogen-bond donors (Lipinski definition) is 1. The van der Waals surface area contributed by atoms with Gasteiger partial charge in [-0.1, -0.05) is 23.7 Å². The maximum Gasteiger partial charge on any atom is 0.254 e. The molecule has 4 aromatic carbocycles. The van der Waals surface area contributed by atoms with Crippen molar-refractivity contribution in [1.29, 1.82) is 0 Å². The second-order valence-electron chi connectivity index (χ2n) is 9.89. The van der Waals surface area contributed by atoms with Crippen molar-refractivity contribution in [1.82, 2.24) is 14.9 Å². The van der Waals surface area contributed by atoms with E-state index in [1.54, 1.807) is 36.1 Å². The molecule has 0 fully saturated rings. The Morgan fingerprint density at radius 2 is 1.65 bits per heavy atom. The quantitative estimate of drug-likeness (QED) is 0.271. The Morgan fingerprint density at radius 3 is 2.42 bits per heavy atom. The van der Waals surface area contributed by atoms with Gasteiger partial charge in [-0.05, 0) is 97.3 Å². The van der Waals surface area contributed by atoms with Crippen molar-refractivity contribution in [3.8, 4) is 16.9 Å². The number of sulfone groups is 1. The van der Waals surface area contributed by atoms with Crippen LogP contribution in [0.1, 0.15) is 27.3 Å². The molecule has 0 saturated heterocycles. The van der Waals surface area contributed by atoms with Crippen LogP contribution >= 0.6 is 11.6 Å². The number of fused-ring (bicyclic) bond motifs is 2. The summed E-state index contributed by atoms with van der Waals surface area (Å²) in [5, 5.41) is 0.458. The van der Waals surface area contributed by atoms with Crippen molar-refractivity contribution in [3.05, 3.63) is 106 Å². The minimum absolute atomic E-state index is 0.127. The standard InChI is InChI=1S/C31H26ClN3O4S/c1-19-15-26(40(37,38)25-7-5-24(32)6-8-25)9-10-27(19)31(36)35-13-14-39-30-12-4-21(16-23(30)18-35)22-3-11-28-29(17-22)34-20(2)33-28/h3-12,15-17H,13-14,18H2,1-2H3,(H,33,34). The van der Waals surface area contributed by atoms with Crippen LogP contribution in [0, 0.1) is 13.8 Å². The molecule has 2 heterocycles. The molecule has 0 bridgehead atoms. The maximum absolute atomic E-state index is 13.7. The summed E-state index contributed by atoms with van der Waals surface area (Å²) in [6.45, 7) is 4.82. The predicted octanol–water partition coefficient (Wildman–Crippen LogP) is 6.37. The average Bonchev–Trinajstić information content (AvgIpc) is 3.18. The molecule has 0 spiro atoms. The van der Waals surface area contributed by atoms with Crippen molar-refractivity contribution < 1.29 is 17.9 Å². The van der Waals surface area contributed by atoms with Crippen LogP contribution in [0.3, 0.4) is 0 Å². The van der Waals surface area contributed by atoms with Gasteiger partial charge in [-0.25, -0.2) is 13.4 Å². The minimum atomic E-state index is -3.74. The monoisotopic (exact) mass is 571 g/mol. The predicted molar refractivity (Wildman–Crippen MR) is 155 cm³/mol. The lowest BCUT2D eigenvalue weighted by atomic mass is 10.0. The Balaban J connectivity index is 1.27. The van der Waals surface area contributed by atoms with E-state index in [1.165, 1.54) is 18.2 Å². The molecule has 1 aliphatic heterocycles. The van der Waals surface area contributed by atoms with E-state index in [1.807, 2.05) is 31.2 Å². The van der Waals surface area contributed by atoms with E-state index < -0.39 is 9.84 Å². The lowest BCUT2D eigenvalue weighted by Crippen LogP contribution is -2.33. The van der Waals surface area contributed by atoms with E-state index in [4.69, 9.17) is 16.3 Å². The minimum Gasteiger partial charge on any atom is -0.491 e. The summed E-state index contributed by atoms with van der Waals surface area (Å²) in [7, 11) is -3.74. The molecule has 7 nitrogen and oxygen atoms in total. The summed E-state index contributed by atoms with van der Waals surface area (Å²) in [5.41, 5.74) is 5.88. The first kappa shape index (κ1) is 26.1. The fourth-order valence-corrected chi connectivity index (χ4v) is 6.50. The summed E-state index contributed by atoms with van der Waals surface area (Å²) in [4.78, 5) is 23.4. The van der Waals surface area contributed by atoms with Crippen LogP contribution in [-0.2, 0) is 16.4 Å². The summed E-state index contributed by atoms with van der Waals surface area (Å²) in [5.74, 6) is 1.44. The lowest BCUT2D eigenvalue weighted by Gasteiger charge is -2.21. The number of amides is 1. The zero-order valence-corrected chi connectivity index (χ0v) is 23.5. The molecular formula is C31H26ClN3O4S. The largest absolute Gasteiger partial charge is 0.491 e. The van der Waals surface area contributed by atoms with Gasteiger partial charge in [0.05, 0.1) is 27.4 Å². The highest BCUT2D eigenvalue weighted by atomic mass is 35.5. The number of nitrogens with zero attached hydrogens (tertiary/aromatic N) is 2. The Labute approximate surface area is 237 Å². The van der Waals surface area contributed by atoms with Crippen LogP contribution in [0.4, 0.5) is 0 Å². The molecule has 9 heteroatoms. The fourth-order valence-electron chi connectivity index (χ4n) is 5.03. The van der Waals surface area contributed by atoms with E-state index in [2.05, 4.69) is 22.1 Å². The molecule has 6 rings (SSSR count). The number of hydrogen-bond acceptors (Lipinski definition) is 5. The Kier molecular flexibility index (Phi) is 6.60. The van der Waals surface area contributed by atoms with Crippen LogP contribution in [0.15, 0.2) is 88.7 Å². The maximum atomic E-state index is 13.7. The number of rotatable bonds is 4. The fraction of sp³-hybridized carbons (Fsp3) is 0.161. The molecule has 0 aliphatic carbocycles. The first-order valence-corrected chi connectivity index (χ1v) is 14.7. The van der Waals surface area contributed by atoms with E-state index in [9.17, 15) is 13.2 Å². The molecule has 1 N–H and O–H groups in total. The van der Waals surface area contributed by atoms with Gasteiger partial charge in [0.1, 0.15) is 18.2 Å². The highest BCUT2D eigenvalue weighted by Crippen LogP contribution is 2.32. The highest BCUT2D eigenvalue weighted by molar-refractivity contribution is 7.91. The van der Waals surface area contributed by atoms with Gasteiger partial charge in [0.15, 0.2) is 0 Å². The zero-order chi connectivity index (χ0) is 28.0. The summed E-state index contributed by atoms with van der Waals surface area (Å²) in [6, 6.07) is 22.8. The third kappa shape index (κ3) is 4.85. The first-order chi connectivity index (χ1) is 19.2. The summed E-state index contributed by atoms with van der Waals surface area (Å²) in [6.07, 6.45) is 0. The Hall–Kier alpha value is -4.14. The second kappa shape index (κ2) is 10.1. The molecule has 5 aromatic rings. The number of halogens is 1. The average molecular weight is 572 g/mol. The Bertz CT molecular complexity index is 1880. The first-order valence-electron chi connectivity index (χ1n) is 12.8. The van der Waals surface area contributed by atoms with Crippen molar-refractivity contribution in [3.63, 3.8) is 0 Å². The number of imidazole rings is 1. The Morgan fingerprint density at radius 1 is 0.925 bits per heavy atom. The molecule has 0 atom stereocenters. The van der Waals surface area contributed by atoms with Crippen LogP contribution in [0.25, 0.3) is 22.2 Å². The number of carbonyl (C=O) groups is 1. The van der Waals surface area contributed by atoms with Gasteiger partial charge in [0.25, 0.3) is 5.91 Å². The lowest BCUT2D eigenvalue weighted by molar-refractivity contribution is 0.0732. The third-order valence-corrected chi connectivity index (χ3v) is 9.14. The van der Waals surface area contributed by atoms with Gasteiger partial charge in [-0.3, -0.25) is 4.79 Å². The summed E-state index contributed by atoms with van der Waals surface area (Å²) < 4.78 is 32.2. The van der Waals surface area contributed by atoms with E-state index in [-0.39, 0.29) is 15.7 Å². The van der Waals surface area contributed by atoms with E-state index >= 15 is 0 Å². The molecular weight excluding hydrogens is 546 g/mol. The van der Waals surface area contributed by atoms with Gasteiger partial charge >= 0.3 is 0 Å². The SMILES string of the molecule is Cc1nc2ccc(-c3ccc4c(c3)CN(C(=O)c3ccc(S(=O)(=O)c5ccc(Cl)cc5)cc3C)CCO4)cc2[nH]1. The van der Waals surface area contributed by atoms with Gasteiger partial charge < -0.3 is 14.6 Å². The van der Waals surface area contributed by atoms with Gasteiger partial charge in [0.2, 0.25) is 9.84 Å². The normalized spacial score (nSPS) is 13.5. The van der Waals surface area contributed by atoms with Gasteiger partial charge in [-0.2, -0.15) is 0 Å². The number of aryl methyl sites for hydroxylation is 2. The number of benzene rings is 4. The van der Waals surface area contributed by atoms with Crippen LogP contribution < -0.4 is 4.74 Å². The molecule has 1 aliphatic rings. The summed E-state index contributed by atoms with van der Waals surface area (Å²) >= 11 is 5.92. The second-order valence-corrected chi connectivity index (χ2v) is 12.3. The number of aromatic nitrogens is 2. The number of aromatic amines is 1. The molecule has 0 saturated carbocycles. The van der Waals surface area contributed by atoms with Crippen LogP contribution in [0.2, 0.25) is 5.02 Å². The molecule has 0 unspecified atom stereocenters. The smallest absolute Gasteiger partial charge is 0.254 e. The van der Waals surface area contributed by atoms with Crippen LogP contribution in [0.5, 0.6) is 5.75 Å². The molecule has 1 amide bonds. The topological polar surface area (TPSA) is 92.4 Å². The number of carbonyl (C=O) groups excluding carboxylic acids is 1. The molecule has 40 heavy (non-hydrogen) atoms. The molecule has 202 valence electrons. The van der Waals surface area contributed by atoms with Crippen molar-refractivity contribution in [2.24, 2.45) is 0 Å². The zero-order valence-electron chi connectivity index (χ0n) is 21.9. The highest BCUT2D eigenvalue weighted by Gasteiger charge is 2.25. The van der Waals surface area contributed by atoms with Gasteiger partial charge in [0, 0.05) is 22.7 Å². The molecule has 1 aromatic heterocycles. The van der Waals surface area contributed by atoms with Gasteiger partial charge in [-0.15, -0.1) is 0 Å². The van der Waals surface area contributed by atoms with Crippen LogP contribution in [-0.4, -0.2) is 42.3 Å². The van der Waals surface area contributed by atoms with E-state index in [0.717, 1.165) is 39.3 Å². The van der Waals surface area contributed by atoms with Crippen molar-refractivity contribution in [2.75, 3.05) is 13.2 Å². The van der Waals surface area contributed by atoms with Crippen molar-refractivity contribution in [2.45, 2.75) is 30.2 Å². The molecule has 0 radical (unpaired) electrons. The van der Waals surface area contributed by atoms with E-state index in [0.29, 0.717) is 35.8 Å². The number of nitrogens with one attached hydrogen (secondary N) is 1. The number of ether oxygens (including phenoxy) is 1. The third-order valence-electron chi connectivity index (χ3n) is 7.12.